The van der Waals surface area contributed by atoms with Crippen molar-refractivity contribution >= 4 is 0 Å². The molecule has 0 aromatic rings. The third-order valence-electron chi connectivity index (χ3n) is 2.51. The molecule has 0 unspecified atom stereocenters. The van der Waals surface area contributed by atoms with Gasteiger partial charge in [-0.25, -0.2) is 0 Å². The zero-order chi connectivity index (χ0) is 9.68. The Morgan fingerprint density at radius 1 is 1.46 bits per heavy atom. The van der Waals surface area contributed by atoms with Crippen LogP contribution < -0.4 is 5.73 Å². The number of ether oxygens (including phenoxy) is 1. The molecule has 1 heterocycles. The van der Waals surface area contributed by atoms with Gasteiger partial charge in [-0.15, -0.1) is 0 Å². The Balaban J connectivity index is 2.14. The van der Waals surface area contributed by atoms with Gasteiger partial charge in [0.1, 0.15) is 0 Å². The van der Waals surface area contributed by atoms with Crippen molar-refractivity contribution in [1.29, 1.82) is 0 Å². The standard InChI is InChI=1S/C10H22N2O/c1-9(11)7-12(2)8-10-3-5-13-6-4-10/h9-10H,3-8,11H2,1-2H3/t9-/m0/s1. The van der Waals surface area contributed by atoms with E-state index in [9.17, 15) is 0 Å². The van der Waals surface area contributed by atoms with Crippen molar-refractivity contribution in [3.8, 4) is 0 Å². The molecule has 0 aromatic carbocycles. The molecule has 2 N–H and O–H groups in total. The fourth-order valence-electron chi connectivity index (χ4n) is 1.94. The van der Waals surface area contributed by atoms with E-state index in [1.165, 1.54) is 19.4 Å². The van der Waals surface area contributed by atoms with Crippen molar-refractivity contribution in [2.45, 2.75) is 25.8 Å². The van der Waals surface area contributed by atoms with Crippen LogP contribution in [0.25, 0.3) is 0 Å². The van der Waals surface area contributed by atoms with E-state index in [0.29, 0.717) is 0 Å². The van der Waals surface area contributed by atoms with Crippen molar-refractivity contribution < 1.29 is 4.74 Å². The third-order valence-corrected chi connectivity index (χ3v) is 2.51. The Labute approximate surface area is 81.2 Å². The lowest BCUT2D eigenvalue weighted by Crippen LogP contribution is -2.37. The molecule has 0 aromatic heterocycles. The van der Waals surface area contributed by atoms with Crippen LogP contribution in [0, 0.1) is 5.92 Å². The van der Waals surface area contributed by atoms with E-state index >= 15 is 0 Å². The zero-order valence-corrected chi connectivity index (χ0v) is 8.83. The minimum absolute atomic E-state index is 0.282. The smallest absolute Gasteiger partial charge is 0.0469 e. The summed E-state index contributed by atoms with van der Waals surface area (Å²) in [6, 6.07) is 0.282. The predicted molar refractivity (Wildman–Crippen MR) is 54.7 cm³/mol. The van der Waals surface area contributed by atoms with Crippen molar-refractivity contribution in [3.63, 3.8) is 0 Å². The molecule has 0 aliphatic carbocycles. The highest BCUT2D eigenvalue weighted by Gasteiger charge is 2.15. The molecule has 0 amide bonds. The summed E-state index contributed by atoms with van der Waals surface area (Å²) in [6.45, 7) is 6.11. The van der Waals surface area contributed by atoms with Gasteiger partial charge in [-0.1, -0.05) is 0 Å². The number of rotatable bonds is 4. The van der Waals surface area contributed by atoms with Crippen LogP contribution in [-0.2, 0) is 4.74 Å². The first-order valence-corrected chi connectivity index (χ1v) is 5.20. The van der Waals surface area contributed by atoms with E-state index in [1.54, 1.807) is 0 Å². The summed E-state index contributed by atoms with van der Waals surface area (Å²) in [7, 11) is 2.15. The van der Waals surface area contributed by atoms with Crippen LogP contribution in [0.5, 0.6) is 0 Å². The maximum absolute atomic E-state index is 5.73. The molecular weight excluding hydrogens is 164 g/mol. The monoisotopic (exact) mass is 186 g/mol. The van der Waals surface area contributed by atoms with Crippen LogP contribution in [0.2, 0.25) is 0 Å². The zero-order valence-electron chi connectivity index (χ0n) is 8.83. The summed E-state index contributed by atoms with van der Waals surface area (Å²) in [5.41, 5.74) is 5.73. The highest BCUT2D eigenvalue weighted by molar-refractivity contribution is 4.69. The van der Waals surface area contributed by atoms with Gasteiger partial charge >= 0.3 is 0 Å². The fourth-order valence-corrected chi connectivity index (χ4v) is 1.94. The molecule has 0 saturated carbocycles. The van der Waals surface area contributed by atoms with E-state index in [4.69, 9.17) is 10.5 Å². The lowest BCUT2D eigenvalue weighted by Gasteiger charge is -2.27. The van der Waals surface area contributed by atoms with Gasteiger partial charge in [0.15, 0.2) is 0 Å². The highest BCUT2D eigenvalue weighted by Crippen LogP contribution is 2.15. The van der Waals surface area contributed by atoms with E-state index in [0.717, 1.165) is 25.7 Å². The second-order valence-electron chi connectivity index (χ2n) is 4.25. The second kappa shape index (κ2) is 5.58. The molecule has 0 spiro atoms. The first-order chi connectivity index (χ1) is 6.18. The summed E-state index contributed by atoms with van der Waals surface area (Å²) in [5.74, 6) is 0.817. The normalized spacial score (nSPS) is 22.2. The molecule has 1 atom stereocenters. The third kappa shape index (κ3) is 4.60. The van der Waals surface area contributed by atoms with Gasteiger partial charge in [0.05, 0.1) is 0 Å². The Bertz CT molecular complexity index is 133. The van der Waals surface area contributed by atoms with Gasteiger partial charge in [0.2, 0.25) is 0 Å². The van der Waals surface area contributed by atoms with Crippen molar-refractivity contribution in [3.05, 3.63) is 0 Å². The molecule has 1 aliphatic rings. The maximum atomic E-state index is 5.73. The SMILES string of the molecule is C[C@H](N)CN(C)CC1CCOCC1. The van der Waals surface area contributed by atoms with Gasteiger partial charge in [-0.2, -0.15) is 0 Å². The Kier molecular flexibility index (Phi) is 4.70. The predicted octanol–water partition coefficient (Wildman–Crippen LogP) is 0.692. The number of hydrogen-bond acceptors (Lipinski definition) is 3. The minimum atomic E-state index is 0.282. The summed E-state index contributed by atoms with van der Waals surface area (Å²) in [6.07, 6.45) is 2.42. The molecule has 13 heavy (non-hydrogen) atoms. The van der Waals surface area contributed by atoms with Crippen molar-refractivity contribution in [1.82, 2.24) is 4.90 Å². The largest absolute Gasteiger partial charge is 0.381 e. The lowest BCUT2D eigenvalue weighted by molar-refractivity contribution is 0.0553. The highest BCUT2D eigenvalue weighted by atomic mass is 16.5. The van der Waals surface area contributed by atoms with Gasteiger partial charge in [-0.3, -0.25) is 0 Å². The van der Waals surface area contributed by atoms with E-state index in [2.05, 4.69) is 18.9 Å². The number of hydrogen-bond donors (Lipinski definition) is 1. The molecule has 3 heteroatoms. The lowest BCUT2D eigenvalue weighted by atomic mass is 10.00. The Morgan fingerprint density at radius 3 is 2.62 bits per heavy atom. The fraction of sp³-hybridized carbons (Fsp3) is 1.00. The van der Waals surface area contributed by atoms with Crippen LogP contribution in [-0.4, -0.2) is 44.3 Å². The molecule has 3 nitrogen and oxygen atoms in total. The molecule has 1 rings (SSSR count). The van der Waals surface area contributed by atoms with E-state index < -0.39 is 0 Å². The van der Waals surface area contributed by atoms with Crippen molar-refractivity contribution in [2.75, 3.05) is 33.4 Å². The van der Waals surface area contributed by atoms with E-state index in [-0.39, 0.29) is 6.04 Å². The number of nitrogens with two attached hydrogens (primary N) is 1. The summed E-state index contributed by atoms with van der Waals surface area (Å²) in [5, 5.41) is 0. The minimum Gasteiger partial charge on any atom is -0.381 e. The maximum Gasteiger partial charge on any atom is 0.0469 e. The average Bonchev–Trinajstić information content (AvgIpc) is 2.04. The quantitative estimate of drug-likeness (QED) is 0.702. The number of nitrogens with zero attached hydrogens (tertiary/aromatic N) is 1. The Hall–Kier alpha value is -0.120. The van der Waals surface area contributed by atoms with Crippen LogP contribution in [0.1, 0.15) is 19.8 Å². The molecule has 0 bridgehead atoms. The summed E-state index contributed by atoms with van der Waals surface area (Å²) >= 11 is 0. The first-order valence-electron chi connectivity index (χ1n) is 5.20. The van der Waals surface area contributed by atoms with Crippen LogP contribution in [0.4, 0.5) is 0 Å². The van der Waals surface area contributed by atoms with Gasteiger partial charge < -0.3 is 15.4 Å². The second-order valence-corrected chi connectivity index (χ2v) is 4.25. The molecule has 1 saturated heterocycles. The Morgan fingerprint density at radius 2 is 2.08 bits per heavy atom. The summed E-state index contributed by atoms with van der Waals surface area (Å²) in [4.78, 5) is 2.33. The summed E-state index contributed by atoms with van der Waals surface area (Å²) < 4.78 is 5.32. The van der Waals surface area contributed by atoms with Gasteiger partial charge in [0.25, 0.3) is 0 Å². The first kappa shape index (κ1) is 11.0. The molecule has 0 radical (unpaired) electrons. The van der Waals surface area contributed by atoms with Gasteiger partial charge in [0, 0.05) is 32.3 Å². The number of likely N-dealkylation sites (N-methyl/N-ethyl adjacent to an activating group) is 1. The van der Waals surface area contributed by atoms with Crippen LogP contribution in [0.15, 0.2) is 0 Å². The van der Waals surface area contributed by atoms with Crippen LogP contribution >= 0.6 is 0 Å². The molecular formula is C10H22N2O. The van der Waals surface area contributed by atoms with Crippen LogP contribution in [0.3, 0.4) is 0 Å². The molecule has 1 aliphatic heterocycles. The molecule has 78 valence electrons. The van der Waals surface area contributed by atoms with Gasteiger partial charge in [-0.05, 0) is 32.7 Å². The van der Waals surface area contributed by atoms with E-state index in [1.807, 2.05) is 0 Å². The molecule has 1 fully saturated rings. The average molecular weight is 186 g/mol. The topological polar surface area (TPSA) is 38.5 Å². The van der Waals surface area contributed by atoms with Crippen molar-refractivity contribution in [2.24, 2.45) is 11.7 Å².